The van der Waals surface area contributed by atoms with E-state index in [1.165, 1.54) is 6.07 Å². The summed E-state index contributed by atoms with van der Waals surface area (Å²) in [6.07, 6.45) is -1.12. The normalized spacial score (nSPS) is 19.6. The van der Waals surface area contributed by atoms with Crippen molar-refractivity contribution in [3.8, 4) is 5.75 Å². The van der Waals surface area contributed by atoms with Crippen LogP contribution in [0.4, 0.5) is 13.2 Å². The number of rotatable bonds is 4. The topological polar surface area (TPSA) is 46.5 Å². The Balaban J connectivity index is 2.35. The standard InChI is InChI=1S/C17H21F3O3/c1-11(2)10-23-15(22)16(5-7-17(19,20)8-6-16)12-3-4-14(21)13(18)9-12/h3-4,9,11,21H,5-8,10H2,1-2H3. The van der Waals surface area contributed by atoms with E-state index in [2.05, 4.69) is 0 Å². The predicted molar refractivity (Wildman–Crippen MR) is 79.0 cm³/mol. The van der Waals surface area contributed by atoms with Crippen LogP contribution < -0.4 is 0 Å². The van der Waals surface area contributed by atoms with Gasteiger partial charge >= 0.3 is 5.97 Å². The Morgan fingerprint density at radius 2 is 1.87 bits per heavy atom. The maximum absolute atomic E-state index is 13.7. The van der Waals surface area contributed by atoms with Gasteiger partial charge in [-0.05, 0) is 36.5 Å². The first-order chi connectivity index (χ1) is 10.7. The third-order valence-corrected chi connectivity index (χ3v) is 4.27. The molecule has 128 valence electrons. The Labute approximate surface area is 133 Å². The molecule has 1 saturated carbocycles. The first-order valence-electron chi connectivity index (χ1n) is 7.70. The number of hydrogen-bond acceptors (Lipinski definition) is 3. The molecule has 1 aromatic carbocycles. The average molecular weight is 330 g/mol. The van der Waals surface area contributed by atoms with Crippen molar-refractivity contribution in [2.45, 2.75) is 50.9 Å². The fourth-order valence-electron chi connectivity index (χ4n) is 2.84. The number of phenolic OH excluding ortho intramolecular Hbond substituents is 1. The van der Waals surface area contributed by atoms with Gasteiger partial charge in [-0.3, -0.25) is 4.79 Å². The lowest BCUT2D eigenvalue weighted by Gasteiger charge is -2.38. The van der Waals surface area contributed by atoms with Gasteiger partial charge in [-0.15, -0.1) is 0 Å². The summed E-state index contributed by atoms with van der Waals surface area (Å²) < 4.78 is 46.0. The van der Waals surface area contributed by atoms with Gasteiger partial charge in [0.1, 0.15) is 0 Å². The van der Waals surface area contributed by atoms with E-state index in [1.54, 1.807) is 0 Å². The van der Waals surface area contributed by atoms with E-state index in [9.17, 15) is 23.1 Å². The Bertz CT molecular complexity index is 574. The molecule has 0 aromatic heterocycles. The average Bonchev–Trinajstić information content (AvgIpc) is 2.48. The summed E-state index contributed by atoms with van der Waals surface area (Å²) >= 11 is 0. The highest BCUT2D eigenvalue weighted by molar-refractivity contribution is 5.83. The number of esters is 1. The van der Waals surface area contributed by atoms with Gasteiger partial charge in [-0.2, -0.15) is 0 Å². The zero-order valence-corrected chi connectivity index (χ0v) is 13.2. The number of benzene rings is 1. The molecular formula is C17H21F3O3. The second-order valence-corrected chi connectivity index (χ2v) is 6.60. The Kier molecular flexibility index (Phi) is 4.92. The molecule has 0 saturated heterocycles. The fourth-order valence-corrected chi connectivity index (χ4v) is 2.84. The van der Waals surface area contributed by atoms with Crippen molar-refractivity contribution < 1.29 is 27.8 Å². The minimum absolute atomic E-state index is 0.109. The van der Waals surface area contributed by atoms with Crippen LogP contribution in [-0.2, 0) is 14.9 Å². The van der Waals surface area contributed by atoms with Crippen LogP contribution >= 0.6 is 0 Å². The maximum Gasteiger partial charge on any atom is 0.316 e. The number of aromatic hydroxyl groups is 1. The van der Waals surface area contributed by atoms with Gasteiger partial charge in [-0.1, -0.05) is 19.9 Å². The summed E-state index contributed by atoms with van der Waals surface area (Å²) in [5, 5.41) is 9.31. The molecular weight excluding hydrogens is 309 g/mol. The van der Waals surface area contributed by atoms with Gasteiger partial charge in [0, 0.05) is 12.8 Å². The molecule has 6 heteroatoms. The molecule has 0 radical (unpaired) electrons. The lowest BCUT2D eigenvalue weighted by molar-refractivity contribution is -0.157. The van der Waals surface area contributed by atoms with Crippen molar-refractivity contribution in [1.29, 1.82) is 0 Å². The number of carbonyl (C=O) groups is 1. The molecule has 1 fully saturated rings. The molecule has 1 aromatic rings. The largest absolute Gasteiger partial charge is 0.505 e. The molecule has 3 nitrogen and oxygen atoms in total. The van der Waals surface area contributed by atoms with Crippen LogP contribution in [0.25, 0.3) is 0 Å². The molecule has 1 aliphatic rings. The highest BCUT2D eigenvalue weighted by Gasteiger charge is 2.50. The first kappa shape index (κ1) is 17.6. The van der Waals surface area contributed by atoms with Crippen LogP contribution in [0.5, 0.6) is 5.75 Å². The molecule has 2 rings (SSSR count). The summed E-state index contributed by atoms with van der Waals surface area (Å²) in [6.45, 7) is 3.92. The van der Waals surface area contributed by atoms with Crippen molar-refractivity contribution in [3.05, 3.63) is 29.6 Å². The third-order valence-electron chi connectivity index (χ3n) is 4.27. The van der Waals surface area contributed by atoms with Crippen molar-refractivity contribution >= 4 is 5.97 Å². The maximum atomic E-state index is 13.7. The van der Waals surface area contributed by atoms with Gasteiger partial charge in [-0.25, -0.2) is 13.2 Å². The Morgan fingerprint density at radius 3 is 2.39 bits per heavy atom. The highest BCUT2D eigenvalue weighted by atomic mass is 19.3. The lowest BCUT2D eigenvalue weighted by Crippen LogP contribution is -2.44. The fraction of sp³-hybridized carbons (Fsp3) is 0.588. The van der Waals surface area contributed by atoms with E-state index in [0.29, 0.717) is 0 Å². The molecule has 0 bridgehead atoms. The Morgan fingerprint density at radius 1 is 1.26 bits per heavy atom. The number of carbonyl (C=O) groups excluding carboxylic acids is 1. The van der Waals surface area contributed by atoms with Crippen molar-refractivity contribution in [2.75, 3.05) is 6.61 Å². The van der Waals surface area contributed by atoms with Crippen LogP contribution in [0.1, 0.15) is 45.1 Å². The summed E-state index contributed by atoms with van der Waals surface area (Å²) in [5.74, 6) is -4.74. The zero-order valence-electron chi connectivity index (χ0n) is 13.2. The Hall–Kier alpha value is -1.72. The number of alkyl halides is 2. The molecule has 0 atom stereocenters. The van der Waals surface area contributed by atoms with Crippen LogP contribution in [0, 0.1) is 11.7 Å². The number of halogens is 3. The summed E-state index contributed by atoms with van der Waals surface area (Å²) in [6, 6.07) is 3.57. The molecule has 0 unspecified atom stereocenters. The van der Waals surface area contributed by atoms with E-state index < -0.39 is 41.7 Å². The molecule has 0 aliphatic heterocycles. The summed E-state index contributed by atoms with van der Waals surface area (Å²) in [4.78, 5) is 12.6. The van der Waals surface area contributed by atoms with E-state index in [1.807, 2.05) is 13.8 Å². The molecule has 1 aliphatic carbocycles. The van der Waals surface area contributed by atoms with Crippen LogP contribution in [0.3, 0.4) is 0 Å². The van der Waals surface area contributed by atoms with Gasteiger partial charge in [0.25, 0.3) is 0 Å². The minimum Gasteiger partial charge on any atom is -0.505 e. The smallest absolute Gasteiger partial charge is 0.316 e. The minimum atomic E-state index is -2.82. The van der Waals surface area contributed by atoms with Gasteiger partial charge in [0.2, 0.25) is 5.92 Å². The highest BCUT2D eigenvalue weighted by Crippen LogP contribution is 2.46. The summed E-state index contributed by atoms with van der Waals surface area (Å²) in [7, 11) is 0. The van der Waals surface area contributed by atoms with E-state index in [0.717, 1.165) is 12.1 Å². The second-order valence-electron chi connectivity index (χ2n) is 6.60. The lowest BCUT2D eigenvalue weighted by atomic mass is 9.68. The molecule has 0 heterocycles. The SMILES string of the molecule is CC(C)COC(=O)C1(c2ccc(O)c(F)c2)CCC(F)(F)CC1. The number of phenols is 1. The van der Waals surface area contributed by atoms with Gasteiger partial charge in [0.15, 0.2) is 11.6 Å². The zero-order chi connectivity index (χ0) is 17.3. The van der Waals surface area contributed by atoms with E-state index in [-0.39, 0.29) is 30.9 Å². The van der Waals surface area contributed by atoms with Crippen molar-refractivity contribution in [3.63, 3.8) is 0 Å². The number of ether oxygens (including phenoxy) is 1. The third kappa shape index (κ3) is 3.79. The second kappa shape index (κ2) is 6.42. The monoisotopic (exact) mass is 330 g/mol. The van der Waals surface area contributed by atoms with Crippen LogP contribution in [0.15, 0.2) is 18.2 Å². The first-order valence-corrected chi connectivity index (χ1v) is 7.70. The summed E-state index contributed by atoms with van der Waals surface area (Å²) in [5.41, 5.74) is -1.01. The molecule has 0 spiro atoms. The van der Waals surface area contributed by atoms with E-state index in [4.69, 9.17) is 4.74 Å². The predicted octanol–water partition coefficient (Wildman–Crippen LogP) is 4.18. The molecule has 1 N–H and O–H groups in total. The quantitative estimate of drug-likeness (QED) is 0.843. The molecule has 0 amide bonds. The van der Waals surface area contributed by atoms with Crippen LogP contribution in [0.2, 0.25) is 0 Å². The number of hydrogen-bond donors (Lipinski definition) is 1. The van der Waals surface area contributed by atoms with Crippen molar-refractivity contribution in [2.24, 2.45) is 5.92 Å². The van der Waals surface area contributed by atoms with Crippen LogP contribution in [-0.4, -0.2) is 23.6 Å². The van der Waals surface area contributed by atoms with Gasteiger partial charge < -0.3 is 9.84 Å². The van der Waals surface area contributed by atoms with Gasteiger partial charge in [0.05, 0.1) is 12.0 Å². The van der Waals surface area contributed by atoms with E-state index >= 15 is 0 Å². The van der Waals surface area contributed by atoms with Crippen molar-refractivity contribution in [1.82, 2.24) is 0 Å². The molecule has 23 heavy (non-hydrogen) atoms.